The number of rotatable bonds is 8. The van der Waals surface area contributed by atoms with Gasteiger partial charge < -0.3 is 5.32 Å². The van der Waals surface area contributed by atoms with Gasteiger partial charge in [0, 0.05) is 6.26 Å². The zero-order valence-corrected chi connectivity index (χ0v) is 21.9. The average Bonchev–Trinajstić information content (AvgIpc) is 2.82. The van der Waals surface area contributed by atoms with E-state index in [1.165, 1.54) is 48.5 Å². The Balaban J connectivity index is 1.96. The molecule has 0 unspecified atom stereocenters. The molecule has 0 spiro atoms. The fourth-order valence-electron chi connectivity index (χ4n) is 3.40. The summed E-state index contributed by atoms with van der Waals surface area (Å²) in [5.41, 5.74) is -1.13. The Morgan fingerprint density at radius 3 is 2.08 bits per heavy atom. The Labute approximate surface area is 217 Å². The van der Waals surface area contributed by atoms with E-state index in [-0.39, 0.29) is 14.8 Å². The molecule has 0 fully saturated rings. The van der Waals surface area contributed by atoms with Crippen LogP contribution in [0.4, 0.5) is 18.9 Å². The molecule has 0 aromatic heterocycles. The maximum absolute atomic E-state index is 13.4. The maximum atomic E-state index is 13.4. The molecule has 198 valence electrons. The second kappa shape index (κ2) is 10.7. The van der Waals surface area contributed by atoms with Gasteiger partial charge in [-0.1, -0.05) is 41.9 Å². The van der Waals surface area contributed by atoms with Crippen LogP contribution in [0, 0.1) is 0 Å². The van der Waals surface area contributed by atoms with Gasteiger partial charge in [-0.25, -0.2) is 16.8 Å². The topological polar surface area (TPSA) is 101 Å². The Bertz CT molecular complexity index is 1500. The first kappa shape index (κ1) is 28.5. The molecular formula is C24H22ClF3N2O5S2. The minimum Gasteiger partial charge on any atom is -0.348 e. The van der Waals surface area contributed by atoms with Crippen LogP contribution < -0.4 is 9.62 Å². The second-order valence-corrected chi connectivity index (χ2v) is 12.4. The van der Waals surface area contributed by atoms with E-state index in [9.17, 15) is 34.8 Å². The minimum atomic E-state index is -4.78. The molecule has 0 saturated heterocycles. The molecular weight excluding hydrogens is 553 g/mol. The van der Waals surface area contributed by atoms with Crippen molar-refractivity contribution in [3.05, 3.63) is 88.9 Å². The number of carbonyl (C=O) groups excluding carboxylic acids is 1. The van der Waals surface area contributed by atoms with Crippen molar-refractivity contribution in [2.45, 2.75) is 28.9 Å². The number of alkyl halides is 3. The molecule has 3 aromatic carbocycles. The predicted molar refractivity (Wildman–Crippen MR) is 134 cm³/mol. The first-order valence-electron chi connectivity index (χ1n) is 10.6. The average molecular weight is 575 g/mol. The number of sulfone groups is 1. The number of nitrogens with zero attached hydrogens (tertiary/aromatic N) is 1. The van der Waals surface area contributed by atoms with Crippen LogP contribution in [0.25, 0.3) is 0 Å². The van der Waals surface area contributed by atoms with Gasteiger partial charge in [-0.15, -0.1) is 0 Å². The molecule has 7 nitrogen and oxygen atoms in total. The Kier molecular flexibility index (Phi) is 8.25. The smallest absolute Gasteiger partial charge is 0.348 e. The van der Waals surface area contributed by atoms with Crippen LogP contribution >= 0.6 is 11.6 Å². The number of hydrogen-bond acceptors (Lipinski definition) is 5. The van der Waals surface area contributed by atoms with Crippen LogP contribution in [0.1, 0.15) is 24.1 Å². The highest BCUT2D eigenvalue weighted by atomic mass is 35.5. The highest BCUT2D eigenvalue weighted by Crippen LogP contribution is 2.37. The molecule has 0 saturated carbocycles. The summed E-state index contributed by atoms with van der Waals surface area (Å²) in [6.07, 6.45) is -3.73. The number of hydrogen-bond donors (Lipinski definition) is 1. The molecule has 0 aliphatic carbocycles. The molecule has 3 rings (SSSR count). The molecule has 37 heavy (non-hydrogen) atoms. The van der Waals surface area contributed by atoms with Gasteiger partial charge in [-0.2, -0.15) is 13.2 Å². The molecule has 0 heterocycles. The van der Waals surface area contributed by atoms with Gasteiger partial charge in [0.05, 0.1) is 32.1 Å². The van der Waals surface area contributed by atoms with Crippen LogP contribution in [-0.4, -0.2) is 35.5 Å². The summed E-state index contributed by atoms with van der Waals surface area (Å²) in [5.74, 6) is -0.826. The van der Waals surface area contributed by atoms with Crippen molar-refractivity contribution in [2.24, 2.45) is 0 Å². The highest BCUT2D eigenvalue weighted by Gasteiger charge is 2.34. The summed E-state index contributed by atoms with van der Waals surface area (Å²) in [7, 11) is -7.93. The largest absolute Gasteiger partial charge is 0.416 e. The Hall–Kier alpha value is -3.09. The van der Waals surface area contributed by atoms with Gasteiger partial charge in [0.15, 0.2) is 9.84 Å². The third-order valence-electron chi connectivity index (χ3n) is 5.35. The number of halogens is 4. The fourth-order valence-corrected chi connectivity index (χ4v) is 5.76. The summed E-state index contributed by atoms with van der Waals surface area (Å²) >= 11 is 6.12. The van der Waals surface area contributed by atoms with Crippen molar-refractivity contribution >= 4 is 43.1 Å². The minimum absolute atomic E-state index is 0.0779. The molecule has 1 atom stereocenters. The SMILES string of the molecule is C[C@@H](NC(=O)CN(c1cc(C(F)(F)F)ccc1Cl)S(=O)(=O)c1ccccc1)c1ccc(S(C)(=O)=O)cc1. The number of carbonyl (C=O) groups is 1. The molecule has 1 N–H and O–H groups in total. The quantitative estimate of drug-likeness (QED) is 0.415. The molecule has 3 aromatic rings. The van der Waals surface area contributed by atoms with Gasteiger partial charge in [-0.3, -0.25) is 9.10 Å². The summed E-state index contributed by atoms with van der Waals surface area (Å²) in [6.45, 7) is 0.713. The van der Waals surface area contributed by atoms with Gasteiger partial charge >= 0.3 is 6.18 Å². The lowest BCUT2D eigenvalue weighted by Crippen LogP contribution is -2.41. The number of amides is 1. The van der Waals surface area contributed by atoms with Crippen LogP contribution in [0.5, 0.6) is 0 Å². The zero-order chi connectivity index (χ0) is 27.6. The van der Waals surface area contributed by atoms with Gasteiger partial charge in [-0.05, 0) is 55.0 Å². The van der Waals surface area contributed by atoms with E-state index in [0.29, 0.717) is 22.0 Å². The summed E-state index contributed by atoms with van der Waals surface area (Å²) in [5, 5.41) is 2.28. The lowest BCUT2D eigenvalue weighted by atomic mass is 10.1. The summed E-state index contributed by atoms with van der Waals surface area (Å²) in [6, 6.07) is 14.1. The second-order valence-electron chi connectivity index (χ2n) is 8.12. The Morgan fingerprint density at radius 2 is 1.54 bits per heavy atom. The van der Waals surface area contributed by atoms with E-state index < -0.39 is 55.8 Å². The van der Waals surface area contributed by atoms with Crippen molar-refractivity contribution in [2.75, 3.05) is 17.1 Å². The first-order chi connectivity index (χ1) is 17.1. The molecule has 0 aliphatic rings. The third-order valence-corrected chi connectivity index (χ3v) is 8.57. The normalized spacial score (nSPS) is 13.1. The standard InChI is InChI=1S/C24H22ClF3N2O5S2/c1-16(17-8-11-19(12-9-17)36(2,32)33)29-23(31)15-30(37(34,35)20-6-4-3-5-7-20)22-14-18(24(26,27)28)10-13-21(22)25/h3-14,16H,15H2,1-2H3,(H,29,31)/t16-/m1/s1. The van der Waals surface area contributed by atoms with Crippen molar-refractivity contribution in [1.82, 2.24) is 5.32 Å². The number of benzene rings is 3. The van der Waals surface area contributed by atoms with Crippen molar-refractivity contribution in [3.63, 3.8) is 0 Å². The van der Waals surface area contributed by atoms with E-state index >= 15 is 0 Å². The van der Waals surface area contributed by atoms with Gasteiger partial charge in [0.1, 0.15) is 6.54 Å². The van der Waals surface area contributed by atoms with Crippen molar-refractivity contribution in [1.29, 1.82) is 0 Å². The fraction of sp³-hybridized carbons (Fsp3) is 0.208. The van der Waals surface area contributed by atoms with Crippen LogP contribution in [0.15, 0.2) is 82.6 Å². The van der Waals surface area contributed by atoms with E-state index in [0.717, 1.165) is 12.3 Å². The van der Waals surface area contributed by atoms with Gasteiger partial charge in [0.25, 0.3) is 10.0 Å². The highest BCUT2D eigenvalue weighted by molar-refractivity contribution is 7.93. The number of nitrogens with one attached hydrogen (secondary N) is 1. The number of anilines is 1. The monoisotopic (exact) mass is 574 g/mol. The number of sulfonamides is 1. The zero-order valence-electron chi connectivity index (χ0n) is 19.5. The van der Waals surface area contributed by atoms with E-state index in [1.807, 2.05) is 0 Å². The van der Waals surface area contributed by atoms with Crippen LogP contribution in [0.2, 0.25) is 5.02 Å². The van der Waals surface area contributed by atoms with Crippen LogP contribution in [-0.2, 0) is 30.8 Å². The predicted octanol–water partition coefficient (Wildman–Crippen LogP) is 4.84. The lowest BCUT2D eigenvalue weighted by molar-refractivity contribution is -0.137. The van der Waals surface area contributed by atoms with E-state index in [4.69, 9.17) is 11.6 Å². The third kappa shape index (κ3) is 6.82. The van der Waals surface area contributed by atoms with E-state index in [2.05, 4.69) is 5.32 Å². The van der Waals surface area contributed by atoms with Crippen LogP contribution in [0.3, 0.4) is 0 Å². The van der Waals surface area contributed by atoms with Crippen molar-refractivity contribution < 1.29 is 34.8 Å². The first-order valence-corrected chi connectivity index (χ1v) is 14.4. The molecule has 0 bridgehead atoms. The molecule has 1 amide bonds. The van der Waals surface area contributed by atoms with Crippen molar-refractivity contribution in [3.8, 4) is 0 Å². The Morgan fingerprint density at radius 1 is 0.946 bits per heavy atom. The lowest BCUT2D eigenvalue weighted by Gasteiger charge is -2.26. The van der Waals surface area contributed by atoms with Gasteiger partial charge in [0.2, 0.25) is 5.91 Å². The summed E-state index contributed by atoms with van der Waals surface area (Å²) in [4.78, 5) is 12.8. The molecule has 13 heteroatoms. The van der Waals surface area contributed by atoms with E-state index in [1.54, 1.807) is 13.0 Å². The maximum Gasteiger partial charge on any atom is 0.416 e. The molecule has 0 aliphatic heterocycles. The molecule has 0 radical (unpaired) electrons. The summed E-state index contributed by atoms with van der Waals surface area (Å²) < 4.78 is 90.8.